The molecule has 1 saturated carbocycles. The molecule has 1 aromatic heterocycles. The molecular weight excluding hydrogens is 394 g/mol. The molecule has 7 heteroatoms. The van der Waals surface area contributed by atoms with Crippen LogP contribution in [0.25, 0.3) is 22.6 Å². The van der Waals surface area contributed by atoms with Gasteiger partial charge in [0.25, 0.3) is 5.91 Å². The summed E-state index contributed by atoms with van der Waals surface area (Å²) in [5, 5.41) is 2.90. The number of nitrogens with zero attached hydrogens (tertiary/aromatic N) is 2. The van der Waals surface area contributed by atoms with Gasteiger partial charge in [0.2, 0.25) is 11.8 Å². The van der Waals surface area contributed by atoms with Gasteiger partial charge in [0.05, 0.1) is 6.61 Å². The highest BCUT2D eigenvalue weighted by Gasteiger charge is 2.33. The summed E-state index contributed by atoms with van der Waals surface area (Å²) in [6.07, 6.45) is 2.30. The smallest absolute Gasteiger partial charge is 0.253 e. The van der Waals surface area contributed by atoms with Gasteiger partial charge < -0.3 is 19.4 Å². The largest absolute Gasteiger partial charge is 0.436 e. The summed E-state index contributed by atoms with van der Waals surface area (Å²) >= 11 is 0. The number of fused-ring (bicyclic) bond motifs is 1. The maximum atomic E-state index is 13.0. The highest BCUT2D eigenvalue weighted by atomic mass is 16.5. The van der Waals surface area contributed by atoms with Crippen molar-refractivity contribution in [1.29, 1.82) is 0 Å². The number of aromatic nitrogens is 1. The van der Waals surface area contributed by atoms with Gasteiger partial charge in [-0.2, -0.15) is 0 Å². The van der Waals surface area contributed by atoms with Gasteiger partial charge in [0, 0.05) is 43.8 Å². The molecule has 1 aliphatic rings. The molecule has 0 aliphatic heterocycles. The quantitative estimate of drug-likeness (QED) is 0.590. The van der Waals surface area contributed by atoms with E-state index in [-0.39, 0.29) is 23.8 Å². The molecule has 0 saturated heterocycles. The molecule has 1 heterocycles. The van der Waals surface area contributed by atoms with Crippen LogP contribution in [0.3, 0.4) is 0 Å². The molecule has 2 atom stereocenters. The SMILES string of the molecule is COCCNC(=O)[C@H]1CC[C@@H](N(C)C(=O)c2ccc(-c3nc4ccccc4o3)cc2)C1. The van der Waals surface area contributed by atoms with Crippen molar-refractivity contribution in [3.63, 3.8) is 0 Å². The molecule has 1 aliphatic carbocycles. The van der Waals surface area contributed by atoms with Crippen LogP contribution in [0.4, 0.5) is 0 Å². The van der Waals surface area contributed by atoms with Gasteiger partial charge >= 0.3 is 0 Å². The van der Waals surface area contributed by atoms with Gasteiger partial charge in [-0.25, -0.2) is 4.98 Å². The highest BCUT2D eigenvalue weighted by molar-refractivity contribution is 5.94. The van der Waals surface area contributed by atoms with E-state index in [1.165, 1.54) is 0 Å². The molecule has 3 aromatic rings. The van der Waals surface area contributed by atoms with Crippen LogP contribution in [0.2, 0.25) is 0 Å². The van der Waals surface area contributed by atoms with E-state index < -0.39 is 0 Å². The van der Waals surface area contributed by atoms with Gasteiger partial charge in [0.1, 0.15) is 5.52 Å². The lowest BCUT2D eigenvalue weighted by Crippen LogP contribution is -2.37. The van der Waals surface area contributed by atoms with Crippen LogP contribution < -0.4 is 5.32 Å². The molecule has 1 N–H and O–H groups in total. The number of carbonyl (C=O) groups is 2. The van der Waals surface area contributed by atoms with E-state index in [2.05, 4.69) is 10.3 Å². The van der Waals surface area contributed by atoms with Crippen LogP contribution in [0.1, 0.15) is 29.6 Å². The van der Waals surface area contributed by atoms with Crippen molar-refractivity contribution in [2.75, 3.05) is 27.3 Å². The Hall–Kier alpha value is -3.19. The number of rotatable bonds is 7. The van der Waals surface area contributed by atoms with E-state index >= 15 is 0 Å². The van der Waals surface area contributed by atoms with Crippen molar-refractivity contribution in [3.8, 4) is 11.5 Å². The number of methoxy groups -OCH3 is 1. The first-order valence-corrected chi connectivity index (χ1v) is 10.6. The molecule has 7 nitrogen and oxygen atoms in total. The number of carbonyl (C=O) groups excluding carboxylic acids is 2. The van der Waals surface area contributed by atoms with Gasteiger partial charge in [-0.15, -0.1) is 0 Å². The zero-order chi connectivity index (χ0) is 21.8. The first-order valence-electron chi connectivity index (χ1n) is 10.6. The third-order valence-electron chi connectivity index (χ3n) is 5.92. The normalized spacial score (nSPS) is 18.3. The summed E-state index contributed by atoms with van der Waals surface area (Å²) in [5.74, 6) is 0.475. The summed E-state index contributed by atoms with van der Waals surface area (Å²) in [7, 11) is 3.42. The minimum absolute atomic E-state index is 0.0445. The fourth-order valence-corrected chi connectivity index (χ4v) is 4.09. The standard InChI is InChI=1S/C24H27N3O4/c1-27(19-12-11-18(15-19)22(28)25-13-14-30-2)24(29)17-9-7-16(8-10-17)23-26-20-5-3-4-6-21(20)31-23/h3-10,18-19H,11-15H2,1-2H3,(H,25,28)/t18-,19+/m0/s1. The van der Waals surface area contributed by atoms with Crippen molar-refractivity contribution < 1.29 is 18.7 Å². The van der Waals surface area contributed by atoms with Crippen LogP contribution in [0.5, 0.6) is 0 Å². The predicted octanol–water partition coefficient (Wildman–Crippen LogP) is 3.50. The Bertz CT molecular complexity index is 1030. The molecule has 0 radical (unpaired) electrons. The summed E-state index contributed by atoms with van der Waals surface area (Å²) in [5.41, 5.74) is 2.97. The fraction of sp³-hybridized carbons (Fsp3) is 0.375. The van der Waals surface area contributed by atoms with E-state index in [4.69, 9.17) is 9.15 Å². The summed E-state index contributed by atoms with van der Waals surface area (Å²) in [4.78, 5) is 31.5. The van der Waals surface area contributed by atoms with Crippen LogP contribution >= 0.6 is 0 Å². The predicted molar refractivity (Wildman–Crippen MR) is 118 cm³/mol. The summed E-state index contributed by atoms with van der Waals surface area (Å²) in [6, 6.07) is 15.0. The number of hydrogen-bond donors (Lipinski definition) is 1. The number of nitrogens with one attached hydrogen (secondary N) is 1. The summed E-state index contributed by atoms with van der Waals surface area (Å²) in [6.45, 7) is 1.01. The number of para-hydroxylation sites is 2. The Labute approximate surface area is 181 Å². The van der Waals surface area contributed by atoms with E-state index in [0.717, 1.165) is 29.5 Å². The Balaban J connectivity index is 1.38. The van der Waals surface area contributed by atoms with Crippen molar-refractivity contribution >= 4 is 22.9 Å². The maximum Gasteiger partial charge on any atom is 0.253 e. The van der Waals surface area contributed by atoms with E-state index in [9.17, 15) is 9.59 Å². The second-order valence-electron chi connectivity index (χ2n) is 7.93. The monoisotopic (exact) mass is 421 g/mol. The molecule has 1 fully saturated rings. The van der Waals surface area contributed by atoms with Crippen LogP contribution in [-0.4, -0.2) is 55.0 Å². The Morgan fingerprint density at radius 1 is 1.16 bits per heavy atom. The van der Waals surface area contributed by atoms with E-state index in [1.807, 2.05) is 43.4 Å². The van der Waals surface area contributed by atoms with Crippen LogP contribution in [-0.2, 0) is 9.53 Å². The number of amides is 2. The lowest BCUT2D eigenvalue weighted by molar-refractivity contribution is -0.125. The lowest BCUT2D eigenvalue weighted by Gasteiger charge is -2.25. The minimum Gasteiger partial charge on any atom is -0.436 e. The highest BCUT2D eigenvalue weighted by Crippen LogP contribution is 2.30. The fourth-order valence-electron chi connectivity index (χ4n) is 4.09. The Morgan fingerprint density at radius 2 is 1.94 bits per heavy atom. The van der Waals surface area contributed by atoms with Crippen molar-refractivity contribution in [1.82, 2.24) is 15.2 Å². The molecule has 2 amide bonds. The molecule has 31 heavy (non-hydrogen) atoms. The molecule has 162 valence electrons. The second-order valence-corrected chi connectivity index (χ2v) is 7.93. The number of benzene rings is 2. The van der Waals surface area contributed by atoms with Crippen molar-refractivity contribution in [3.05, 3.63) is 54.1 Å². The summed E-state index contributed by atoms with van der Waals surface area (Å²) < 4.78 is 10.8. The Morgan fingerprint density at radius 3 is 2.68 bits per heavy atom. The first kappa shape index (κ1) is 21.1. The lowest BCUT2D eigenvalue weighted by atomic mass is 10.1. The third kappa shape index (κ3) is 4.61. The molecule has 0 unspecified atom stereocenters. The topological polar surface area (TPSA) is 84.7 Å². The zero-order valence-corrected chi connectivity index (χ0v) is 17.8. The van der Waals surface area contributed by atoms with Crippen LogP contribution in [0, 0.1) is 5.92 Å². The van der Waals surface area contributed by atoms with Crippen molar-refractivity contribution in [2.45, 2.75) is 25.3 Å². The van der Waals surface area contributed by atoms with E-state index in [0.29, 0.717) is 31.0 Å². The molecule has 2 aromatic carbocycles. The number of oxazole rings is 1. The first-order chi connectivity index (χ1) is 15.1. The van der Waals surface area contributed by atoms with Gasteiger partial charge in [0.15, 0.2) is 5.58 Å². The van der Waals surface area contributed by atoms with E-state index in [1.54, 1.807) is 24.1 Å². The molecule has 0 spiro atoms. The minimum atomic E-state index is -0.0568. The van der Waals surface area contributed by atoms with Gasteiger partial charge in [-0.05, 0) is 55.7 Å². The second kappa shape index (κ2) is 9.31. The number of hydrogen-bond acceptors (Lipinski definition) is 5. The number of ether oxygens (including phenoxy) is 1. The maximum absolute atomic E-state index is 13.0. The molecule has 4 rings (SSSR count). The van der Waals surface area contributed by atoms with Gasteiger partial charge in [-0.3, -0.25) is 9.59 Å². The zero-order valence-electron chi connectivity index (χ0n) is 17.8. The van der Waals surface area contributed by atoms with Crippen LogP contribution in [0.15, 0.2) is 52.9 Å². The molecular formula is C24H27N3O4. The van der Waals surface area contributed by atoms with Crippen molar-refractivity contribution in [2.24, 2.45) is 5.92 Å². The average Bonchev–Trinajstić information content (AvgIpc) is 3.46. The third-order valence-corrected chi connectivity index (χ3v) is 5.92. The van der Waals surface area contributed by atoms with Gasteiger partial charge in [-0.1, -0.05) is 12.1 Å². The Kier molecular flexibility index (Phi) is 6.32. The average molecular weight is 421 g/mol. The molecule has 0 bridgehead atoms.